The minimum Gasteiger partial charge on any atom is -0.478 e. The Kier molecular flexibility index (Phi) is 4.24. The number of carboxylic acids is 1. The third-order valence-electron chi connectivity index (χ3n) is 3.37. The average Bonchev–Trinajstić information content (AvgIpc) is 2.81. The number of nitrogens with one attached hydrogen (secondary N) is 1. The van der Waals surface area contributed by atoms with Crippen molar-refractivity contribution in [2.24, 2.45) is 0 Å². The Morgan fingerprint density at radius 3 is 2.90 bits per heavy atom. The molecule has 2 N–H and O–H groups in total. The summed E-state index contributed by atoms with van der Waals surface area (Å²) in [7, 11) is 0. The van der Waals surface area contributed by atoms with Gasteiger partial charge in [0.25, 0.3) is 0 Å². The normalized spacial score (nSPS) is 19.0. The van der Waals surface area contributed by atoms with E-state index in [1.165, 1.54) is 17.4 Å². The summed E-state index contributed by atoms with van der Waals surface area (Å²) in [6, 6.07) is 1.86. The van der Waals surface area contributed by atoms with Crippen LogP contribution in [0.2, 0.25) is 0 Å². The summed E-state index contributed by atoms with van der Waals surface area (Å²) in [4.78, 5) is 36.6. The van der Waals surface area contributed by atoms with Crippen molar-refractivity contribution in [3.63, 3.8) is 0 Å². The lowest BCUT2D eigenvalue weighted by Gasteiger charge is -2.39. The zero-order valence-corrected chi connectivity index (χ0v) is 12.6. The number of carbonyl (C=O) groups excluding carboxylic acids is 2. The van der Waals surface area contributed by atoms with Gasteiger partial charge in [-0.15, -0.1) is 11.3 Å². The van der Waals surface area contributed by atoms with E-state index in [9.17, 15) is 14.4 Å². The van der Waals surface area contributed by atoms with Crippen molar-refractivity contribution in [3.8, 4) is 0 Å². The second-order valence-electron chi connectivity index (χ2n) is 5.31. The predicted octanol–water partition coefficient (Wildman–Crippen LogP) is 1.08. The van der Waals surface area contributed by atoms with Gasteiger partial charge in [0.1, 0.15) is 0 Å². The van der Waals surface area contributed by atoms with Crippen LogP contribution in [0.4, 0.5) is 0 Å². The van der Waals surface area contributed by atoms with Crippen LogP contribution in [0.3, 0.4) is 0 Å². The summed E-state index contributed by atoms with van der Waals surface area (Å²) in [5.74, 6) is -1.61. The summed E-state index contributed by atoms with van der Waals surface area (Å²) in [6.07, 6.45) is 2.59. The van der Waals surface area contributed by atoms with Crippen LogP contribution in [0.5, 0.6) is 0 Å². The summed E-state index contributed by atoms with van der Waals surface area (Å²) in [6.45, 7) is 4.18. The number of piperazine rings is 1. The Hall–Kier alpha value is -1.99. The molecule has 7 heteroatoms. The van der Waals surface area contributed by atoms with E-state index < -0.39 is 11.5 Å². The number of hydrogen-bond donors (Lipinski definition) is 2. The first-order chi connectivity index (χ1) is 9.79. The number of imide groups is 1. The van der Waals surface area contributed by atoms with Gasteiger partial charge < -0.3 is 5.11 Å². The largest absolute Gasteiger partial charge is 0.478 e. The van der Waals surface area contributed by atoms with Crippen LogP contribution in [0.25, 0.3) is 6.08 Å². The van der Waals surface area contributed by atoms with Crippen molar-refractivity contribution in [1.29, 1.82) is 0 Å². The molecule has 21 heavy (non-hydrogen) atoms. The fourth-order valence-corrected chi connectivity index (χ4v) is 2.88. The van der Waals surface area contributed by atoms with Gasteiger partial charge in [-0.25, -0.2) is 4.79 Å². The zero-order valence-electron chi connectivity index (χ0n) is 11.8. The van der Waals surface area contributed by atoms with Gasteiger partial charge in [-0.2, -0.15) is 0 Å². The van der Waals surface area contributed by atoms with Gasteiger partial charge in [0.15, 0.2) is 0 Å². The molecule has 1 aliphatic rings. The summed E-state index contributed by atoms with van der Waals surface area (Å²) >= 11 is 1.47. The third kappa shape index (κ3) is 3.56. The van der Waals surface area contributed by atoms with Crippen molar-refractivity contribution < 1.29 is 19.5 Å². The van der Waals surface area contributed by atoms with E-state index >= 15 is 0 Å². The fraction of sp³-hybridized carbons (Fsp3) is 0.357. The average molecular weight is 308 g/mol. The maximum Gasteiger partial charge on any atom is 0.328 e. The minimum atomic E-state index is -0.998. The highest BCUT2D eigenvalue weighted by Crippen LogP contribution is 2.24. The molecule has 0 atom stereocenters. The first-order valence-corrected chi connectivity index (χ1v) is 7.25. The number of thiophene rings is 1. The Morgan fingerprint density at radius 2 is 2.24 bits per heavy atom. The molecule has 0 spiro atoms. The van der Waals surface area contributed by atoms with E-state index in [0.717, 1.165) is 16.5 Å². The molecule has 0 bridgehead atoms. The Labute approximate surface area is 126 Å². The molecule has 1 saturated heterocycles. The smallest absolute Gasteiger partial charge is 0.328 e. The van der Waals surface area contributed by atoms with E-state index in [1.54, 1.807) is 13.8 Å². The first kappa shape index (κ1) is 15.4. The van der Waals surface area contributed by atoms with Gasteiger partial charge in [0.2, 0.25) is 11.8 Å². The van der Waals surface area contributed by atoms with Crippen LogP contribution in [-0.4, -0.2) is 39.9 Å². The van der Waals surface area contributed by atoms with Crippen LogP contribution >= 0.6 is 11.3 Å². The molecule has 1 aromatic heterocycles. The molecule has 2 rings (SSSR count). The van der Waals surface area contributed by atoms with Gasteiger partial charge in [0.05, 0.1) is 12.1 Å². The van der Waals surface area contributed by atoms with Gasteiger partial charge in [-0.3, -0.25) is 19.8 Å². The molecule has 2 heterocycles. The molecule has 0 saturated carbocycles. The Balaban J connectivity index is 2.12. The Bertz CT molecular complexity index is 618. The topological polar surface area (TPSA) is 86.7 Å². The summed E-state index contributed by atoms with van der Waals surface area (Å²) < 4.78 is 0. The molecule has 112 valence electrons. The highest BCUT2D eigenvalue weighted by molar-refractivity contribution is 7.10. The molecule has 1 aliphatic heterocycles. The second-order valence-corrected chi connectivity index (χ2v) is 6.31. The molecule has 1 aromatic rings. The molecular weight excluding hydrogens is 292 g/mol. The number of hydrogen-bond acceptors (Lipinski definition) is 5. The Morgan fingerprint density at radius 1 is 1.52 bits per heavy atom. The molecule has 0 aliphatic carbocycles. The van der Waals surface area contributed by atoms with Crippen molar-refractivity contribution in [3.05, 3.63) is 28.0 Å². The van der Waals surface area contributed by atoms with Crippen LogP contribution in [0, 0.1) is 0 Å². The van der Waals surface area contributed by atoms with Crippen LogP contribution < -0.4 is 5.32 Å². The quantitative estimate of drug-likeness (QED) is 0.642. The molecule has 0 radical (unpaired) electrons. The number of carbonyl (C=O) groups is 3. The molecule has 1 fully saturated rings. The second kappa shape index (κ2) is 5.79. The highest BCUT2D eigenvalue weighted by Gasteiger charge is 2.40. The van der Waals surface area contributed by atoms with Gasteiger partial charge in [-0.1, -0.05) is 0 Å². The van der Waals surface area contributed by atoms with Gasteiger partial charge >= 0.3 is 5.97 Å². The van der Waals surface area contributed by atoms with Crippen molar-refractivity contribution in [2.45, 2.75) is 25.9 Å². The summed E-state index contributed by atoms with van der Waals surface area (Å²) in [5.41, 5.74) is 0.0394. The lowest BCUT2D eigenvalue weighted by Crippen LogP contribution is -2.63. The molecule has 2 amide bonds. The van der Waals surface area contributed by atoms with Crippen LogP contribution in [0.15, 0.2) is 17.5 Å². The van der Waals surface area contributed by atoms with E-state index in [2.05, 4.69) is 5.32 Å². The standard InChI is InChI=1S/C14H16N2O4S/c1-14(2)13(20)15-11(17)7-16(14)6-10-5-9(8-21-10)3-4-12(18)19/h3-5,8H,6-7H2,1-2H3,(H,18,19)(H,15,17,20). The number of carboxylic acid groups (broad SMARTS) is 1. The number of nitrogens with zero attached hydrogens (tertiary/aromatic N) is 1. The molecule has 0 aromatic carbocycles. The van der Waals surface area contributed by atoms with Crippen LogP contribution in [-0.2, 0) is 20.9 Å². The highest BCUT2D eigenvalue weighted by atomic mass is 32.1. The summed E-state index contributed by atoms with van der Waals surface area (Å²) in [5, 5.41) is 12.8. The van der Waals surface area contributed by atoms with Gasteiger partial charge in [-0.05, 0) is 36.9 Å². The lowest BCUT2D eigenvalue weighted by atomic mass is 9.98. The zero-order chi connectivity index (χ0) is 15.6. The number of rotatable bonds is 4. The number of aliphatic carboxylic acids is 1. The first-order valence-electron chi connectivity index (χ1n) is 6.37. The lowest BCUT2D eigenvalue weighted by molar-refractivity contribution is -0.145. The molecule has 0 unspecified atom stereocenters. The molecule has 6 nitrogen and oxygen atoms in total. The van der Waals surface area contributed by atoms with E-state index in [1.807, 2.05) is 16.3 Å². The number of amides is 2. The van der Waals surface area contributed by atoms with Gasteiger partial charge in [0, 0.05) is 17.5 Å². The monoisotopic (exact) mass is 308 g/mol. The fourth-order valence-electron chi connectivity index (χ4n) is 2.01. The van der Waals surface area contributed by atoms with Crippen molar-refractivity contribution in [1.82, 2.24) is 10.2 Å². The minimum absolute atomic E-state index is 0.164. The SMILES string of the molecule is CC1(C)C(=O)NC(=O)CN1Cc1cc(C=CC(=O)O)cs1. The van der Waals surface area contributed by atoms with Crippen LogP contribution in [0.1, 0.15) is 24.3 Å². The maximum absolute atomic E-state index is 11.9. The van der Waals surface area contributed by atoms with Crippen molar-refractivity contribution in [2.75, 3.05) is 6.54 Å². The van der Waals surface area contributed by atoms with E-state index in [0.29, 0.717) is 6.54 Å². The van der Waals surface area contributed by atoms with E-state index in [4.69, 9.17) is 5.11 Å². The van der Waals surface area contributed by atoms with E-state index in [-0.39, 0.29) is 18.4 Å². The van der Waals surface area contributed by atoms with Crippen molar-refractivity contribution >= 4 is 35.2 Å². The third-order valence-corrected chi connectivity index (χ3v) is 4.31. The predicted molar refractivity (Wildman–Crippen MR) is 78.6 cm³/mol. The maximum atomic E-state index is 11.9. The molecular formula is C14H16N2O4S.